The lowest BCUT2D eigenvalue weighted by atomic mass is 10.2. The standard InChI is InChI=1S/C17H14ClN3O3S2/c1-2-3-21-15-14(26-17(21)25)16(22)20(9-19-15)8-10-6-11(18)13-12(7-10)23-4-5-24-13/h2,6-7,9H,1,3-5,8H2. The van der Waals surface area contributed by atoms with Crippen LogP contribution in [0.5, 0.6) is 11.5 Å². The van der Waals surface area contributed by atoms with Crippen LogP contribution in [0, 0.1) is 3.95 Å². The maximum atomic E-state index is 12.8. The minimum Gasteiger partial charge on any atom is -0.486 e. The van der Waals surface area contributed by atoms with Crippen LogP contribution in [0.15, 0.2) is 35.9 Å². The van der Waals surface area contributed by atoms with Crippen molar-refractivity contribution in [3.05, 3.63) is 56.0 Å². The van der Waals surface area contributed by atoms with Crippen LogP contribution in [0.3, 0.4) is 0 Å². The van der Waals surface area contributed by atoms with Crippen molar-refractivity contribution in [3.63, 3.8) is 0 Å². The summed E-state index contributed by atoms with van der Waals surface area (Å²) in [6.07, 6.45) is 3.25. The molecule has 0 atom stereocenters. The predicted octanol–water partition coefficient (Wildman–Crippen LogP) is 3.65. The van der Waals surface area contributed by atoms with Crippen molar-refractivity contribution in [3.8, 4) is 11.5 Å². The molecule has 4 rings (SSSR count). The van der Waals surface area contributed by atoms with E-state index >= 15 is 0 Å². The number of aromatic nitrogens is 3. The highest BCUT2D eigenvalue weighted by atomic mass is 35.5. The minimum absolute atomic E-state index is 0.139. The normalized spacial score (nSPS) is 13.1. The van der Waals surface area contributed by atoms with Crippen LogP contribution in [0.25, 0.3) is 10.3 Å². The van der Waals surface area contributed by atoms with Gasteiger partial charge >= 0.3 is 0 Å². The summed E-state index contributed by atoms with van der Waals surface area (Å²) in [7, 11) is 0. The van der Waals surface area contributed by atoms with Crippen LogP contribution in [0.2, 0.25) is 5.02 Å². The Bertz CT molecular complexity index is 1130. The average molecular weight is 408 g/mol. The van der Waals surface area contributed by atoms with Gasteiger partial charge in [-0.2, -0.15) is 0 Å². The SMILES string of the molecule is C=CCn1c(=S)sc2c(=O)n(Cc3cc(Cl)c4c(c3)OCCO4)cnc21. The van der Waals surface area contributed by atoms with E-state index in [1.54, 1.807) is 16.7 Å². The van der Waals surface area contributed by atoms with Gasteiger partial charge in [-0.1, -0.05) is 29.0 Å². The molecule has 0 radical (unpaired) electrons. The number of thiazole rings is 1. The molecule has 0 fully saturated rings. The quantitative estimate of drug-likeness (QED) is 0.488. The van der Waals surface area contributed by atoms with Gasteiger partial charge in [0.15, 0.2) is 21.1 Å². The van der Waals surface area contributed by atoms with E-state index in [0.717, 1.165) is 5.56 Å². The molecule has 0 saturated carbocycles. The third-order valence-electron chi connectivity index (χ3n) is 3.96. The zero-order valence-corrected chi connectivity index (χ0v) is 16.0. The highest BCUT2D eigenvalue weighted by Crippen LogP contribution is 2.38. The van der Waals surface area contributed by atoms with Gasteiger partial charge in [-0.3, -0.25) is 9.36 Å². The summed E-state index contributed by atoms with van der Waals surface area (Å²) in [6, 6.07) is 3.61. The van der Waals surface area contributed by atoms with E-state index in [1.165, 1.54) is 22.2 Å². The van der Waals surface area contributed by atoms with Gasteiger partial charge < -0.3 is 14.0 Å². The smallest absolute Gasteiger partial charge is 0.273 e. The Hall–Kier alpha value is -2.16. The lowest BCUT2D eigenvalue weighted by Crippen LogP contribution is -2.21. The number of rotatable bonds is 4. The number of hydrogen-bond acceptors (Lipinski definition) is 6. The van der Waals surface area contributed by atoms with Crippen LogP contribution >= 0.6 is 35.2 Å². The first-order valence-electron chi connectivity index (χ1n) is 7.86. The van der Waals surface area contributed by atoms with Crippen molar-refractivity contribution in [1.29, 1.82) is 0 Å². The summed E-state index contributed by atoms with van der Waals surface area (Å²) >= 11 is 12.9. The van der Waals surface area contributed by atoms with E-state index in [4.69, 9.17) is 33.3 Å². The van der Waals surface area contributed by atoms with E-state index in [9.17, 15) is 4.79 Å². The summed E-state index contributed by atoms with van der Waals surface area (Å²) in [6.45, 7) is 5.50. The number of halogens is 1. The fourth-order valence-electron chi connectivity index (χ4n) is 2.83. The summed E-state index contributed by atoms with van der Waals surface area (Å²) in [5.41, 5.74) is 1.28. The third kappa shape index (κ3) is 2.94. The molecule has 0 bridgehead atoms. The largest absolute Gasteiger partial charge is 0.486 e. The molecule has 6 nitrogen and oxygen atoms in total. The van der Waals surface area contributed by atoms with Crippen molar-refractivity contribution < 1.29 is 9.47 Å². The van der Waals surface area contributed by atoms with Crippen molar-refractivity contribution >= 4 is 45.5 Å². The number of hydrogen-bond donors (Lipinski definition) is 0. The van der Waals surface area contributed by atoms with E-state index in [-0.39, 0.29) is 5.56 Å². The molecule has 26 heavy (non-hydrogen) atoms. The van der Waals surface area contributed by atoms with Crippen LogP contribution in [0.1, 0.15) is 5.56 Å². The highest BCUT2D eigenvalue weighted by molar-refractivity contribution is 7.73. The Morgan fingerprint density at radius 3 is 3.00 bits per heavy atom. The zero-order chi connectivity index (χ0) is 18.3. The van der Waals surface area contributed by atoms with Crippen molar-refractivity contribution in [1.82, 2.24) is 14.1 Å². The van der Waals surface area contributed by atoms with Gasteiger partial charge in [-0.25, -0.2) is 4.98 Å². The van der Waals surface area contributed by atoms with Gasteiger partial charge in [0.1, 0.15) is 24.2 Å². The summed E-state index contributed by atoms with van der Waals surface area (Å²) < 4.78 is 15.6. The number of nitrogens with zero attached hydrogens (tertiary/aromatic N) is 3. The minimum atomic E-state index is -0.139. The molecule has 0 saturated heterocycles. The predicted molar refractivity (Wildman–Crippen MR) is 104 cm³/mol. The lowest BCUT2D eigenvalue weighted by Gasteiger charge is -2.20. The van der Waals surface area contributed by atoms with Gasteiger partial charge in [0.05, 0.1) is 11.6 Å². The molecule has 0 unspecified atom stereocenters. The Kier molecular flexibility index (Phi) is 4.56. The van der Waals surface area contributed by atoms with E-state index in [2.05, 4.69) is 11.6 Å². The molecule has 0 amide bonds. The molecule has 1 aromatic carbocycles. The molecular weight excluding hydrogens is 394 g/mol. The monoisotopic (exact) mass is 407 g/mol. The maximum absolute atomic E-state index is 12.8. The van der Waals surface area contributed by atoms with Crippen molar-refractivity contribution in [2.24, 2.45) is 0 Å². The zero-order valence-electron chi connectivity index (χ0n) is 13.6. The van der Waals surface area contributed by atoms with Crippen LogP contribution in [-0.2, 0) is 13.1 Å². The van der Waals surface area contributed by atoms with Crippen LogP contribution in [-0.4, -0.2) is 27.3 Å². The number of fused-ring (bicyclic) bond motifs is 2. The molecule has 0 spiro atoms. The highest BCUT2D eigenvalue weighted by Gasteiger charge is 2.18. The first-order chi connectivity index (χ1) is 12.6. The molecule has 0 aliphatic carbocycles. The van der Waals surface area contributed by atoms with E-state index < -0.39 is 0 Å². The van der Waals surface area contributed by atoms with E-state index in [1.807, 2.05) is 6.07 Å². The summed E-state index contributed by atoms with van der Waals surface area (Å²) in [5, 5.41) is 0.465. The first kappa shape index (κ1) is 17.3. The Labute approximate surface area is 162 Å². The molecular formula is C17H14ClN3O3S2. The Morgan fingerprint density at radius 1 is 1.38 bits per heavy atom. The van der Waals surface area contributed by atoms with Gasteiger partial charge in [0, 0.05) is 6.54 Å². The van der Waals surface area contributed by atoms with Gasteiger partial charge in [0.25, 0.3) is 5.56 Å². The number of ether oxygens (including phenoxy) is 2. The van der Waals surface area contributed by atoms with Crippen molar-refractivity contribution in [2.45, 2.75) is 13.1 Å². The second-order valence-electron chi connectivity index (χ2n) is 5.70. The first-order valence-corrected chi connectivity index (χ1v) is 9.46. The molecule has 1 aliphatic rings. The van der Waals surface area contributed by atoms with Crippen LogP contribution in [0.4, 0.5) is 0 Å². The topological polar surface area (TPSA) is 58.3 Å². The van der Waals surface area contributed by atoms with Crippen molar-refractivity contribution in [2.75, 3.05) is 13.2 Å². The molecule has 9 heteroatoms. The van der Waals surface area contributed by atoms with Gasteiger partial charge in [0.2, 0.25) is 0 Å². The fourth-order valence-corrected chi connectivity index (χ4v) is 4.43. The molecule has 134 valence electrons. The van der Waals surface area contributed by atoms with Crippen LogP contribution < -0.4 is 15.0 Å². The Morgan fingerprint density at radius 2 is 2.19 bits per heavy atom. The molecule has 0 N–H and O–H groups in total. The summed E-state index contributed by atoms with van der Waals surface area (Å²) in [5.74, 6) is 1.13. The van der Waals surface area contributed by atoms with Gasteiger partial charge in [-0.15, -0.1) is 6.58 Å². The summed E-state index contributed by atoms with van der Waals surface area (Å²) in [4.78, 5) is 17.3. The third-order valence-corrected chi connectivity index (χ3v) is 5.67. The fraction of sp³-hybridized carbons (Fsp3) is 0.235. The average Bonchev–Trinajstić information content (AvgIpc) is 2.95. The second kappa shape index (κ2) is 6.86. The second-order valence-corrected chi connectivity index (χ2v) is 7.75. The maximum Gasteiger partial charge on any atom is 0.273 e. The lowest BCUT2D eigenvalue weighted by molar-refractivity contribution is 0.171. The number of allylic oxidation sites excluding steroid dienone is 1. The Balaban J connectivity index is 1.75. The molecule has 1 aliphatic heterocycles. The number of benzene rings is 1. The molecule has 3 aromatic rings. The van der Waals surface area contributed by atoms with Gasteiger partial charge in [-0.05, 0) is 29.9 Å². The molecule has 2 aromatic heterocycles. The molecule has 3 heterocycles. The van der Waals surface area contributed by atoms with E-state index in [0.29, 0.717) is 57.1 Å².